The van der Waals surface area contributed by atoms with Crippen LogP contribution in [-0.2, 0) is 20.1 Å². The molecule has 1 heterocycles. The largest absolute Gasteiger partial charge is 0.496 e. The molecule has 0 bridgehead atoms. The van der Waals surface area contributed by atoms with Crippen LogP contribution in [0.4, 0.5) is 0 Å². The van der Waals surface area contributed by atoms with Crippen LogP contribution in [0, 0.1) is 0 Å². The van der Waals surface area contributed by atoms with Crippen molar-refractivity contribution in [2.75, 3.05) is 7.11 Å². The standard InChI is InChI=1S/C14H19N5O2/c1-19-9-11(8-17-19)7-16-6-10-3-4-12(14(15)18-20)13(5-10)21-2/h3-5,8-9,16,20H,6-7H2,1-2H3,(H2,15,18). The van der Waals surface area contributed by atoms with Crippen LogP contribution in [0.15, 0.2) is 35.7 Å². The van der Waals surface area contributed by atoms with Gasteiger partial charge in [-0.25, -0.2) is 0 Å². The van der Waals surface area contributed by atoms with E-state index < -0.39 is 0 Å². The van der Waals surface area contributed by atoms with Gasteiger partial charge < -0.3 is 21.0 Å². The lowest BCUT2D eigenvalue weighted by Crippen LogP contribution is -2.16. The van der Waals surface area contributed by atoms with Crippen LogP contribution in [0.25, 0.3) is 0 Å². The minimum Gasteiger partial charge on any atom is -0.496 e. The Labute approximate surface area is 123 Å². The number of ether oxygens (including phenoxy) is 1. The quantitative estimate of drug-likeness (QED) is 0.316. The Morgan fingerprint density at radius 3 is 2.81 bits per heavy atom. The van der Waals surface area contributed by atoms with Gasteiger partial charge in [0.15, 0.2) is 5.84 Å². The molecule has 112 valence electrons. The lowest BCUT2D eigenvalue weighted by Gasteiger charge is -2.10. The second kappa shape index (κ2) is 6.76. The van der Waals surface area contributed by atoms with Crippen LogP contribution in [0.3, 0.4) is 0 Å². The number of rotatable bonds is 6. The van der Waals surface area contributed by atoms with Gasteiger partial charge in [0, 0.05) is 31.9 Å². The third-order valence-electron chi connectivity index (χ3n) is 3.07. The maximum atomic E-state index is 8.73. The minimum atomic E-state index is 0.0294. The highest BCUT2D eigenvalue weighted by Gasteiger charge is 2.08. The second-order valence-corrected chi connectivity index (χ2v) is 4.65. The molecule has 1 aromatic heterocycles. The Morgan fingerprint density at radius 1 is 1.43 bits per heavy atom. The average molecular weight is 289 g/mol. The average Bonchev–Trinajstić information content (AvgIpc) is 2.91. The van der Waals surface area contributed by atoms with E-state index in [0.717, 1.165) is 17.7 Å². The molecule has 4 N–H and O–H groups in total. The zero-order chi connectivity index (χ0) is 15.2. The molecular formula is C14H19N5O2. The molecule has 0 unspecified atom stereocenters. The summed E-state index contributed by atoms with van der Waals surface area (Å²) in [5.74, 6) is 0.604. The molecule has 0 saturated heterocycles. The normalized spacial score (nSPS) is 11.6. The maximum Gasteiger partial charge on any atom is 0.173 e. The van der Waals surface area contributed by atoms with E-state index in [4.69, 9.17) is 15.7 Å². The van der Waals surface area contributed by atoms with Gasteiger partial charge in [0.05, 0.1) is 18.9 Å². The van der Waals surface area contributed by atoms with Crippen LogP contribution in [0.2, 0.25) is 0 Å². The van der Waals surface area contributed by atoms with Gasteiger partial charge in [-0.2, -0.15) is 5.10 Å². The molecule has 0 spiro atoms. The Morgan fingerprint density at radius 2 is 2.19 bits per heavy atom. The maximum absolute atomic E-state index is 8.73. The summed E-state index contributed by atoms with van der Waals surface area (Å²) < 4.78 is 7.03. The highest BCUT2D eigenvalue weighted by Crippen LogP contribution is 2.20. The van der Waals surface area contributed by atoms with Crippen molar-refractivity contribution in [1.29, 1.82) is 0 Å². The summed E-state index contributed by atoms with van der Waals surface area (Å²) in [6, 6.07) is 5.55. The molecule has 0 aliphatic carbocycles. The fraction of sp³-hybridized carbons (Fsp3) is 0.286. The number of aromatic nitrogens is 2. The van der Waals surface area contributed by atoms with Crippen molar-refractivity contribution in [3.05, 3.63) is 47.3 Å². The molecular weight excluding hydrogens is 270 g/mol. The van der Waals surface area contributed by atoms with E-state index in [9.17, 15) is 0 Å². The molecule has 0 aliphatic heterocycles. The molecule has 7 nitrogen and oxygen atoms in total. The van der Waals surface area contributed by atoms with E-state index in [0.29, 0.717) is 17.9 Å². The van der Waals surface area contributed by atoms with Crippen molar-refractivity contribution in [3.8, 4) is 5.75 Å². The second-order valence-electron chi connectivity index (χ2n) is 4.65. The number of nitrogens with one attached hydrogen (secondary N) is 1. The molecule has 0 aliphatic rings. The van der Waals surface area contributed by atoms with Gasteiger partial charge in [0.2, 0.25) is 0 Å². The zero-order valence-corrected chi connectivity index (χ0v) is 12.1. The van der Waals surface area contributed by atoms with Gasteiger partial charge in [0.1, 0.15) is 5.75 Å². The highest BCUT2D eigenvalue weighted by atomic mass is 16.5. The van der Waals surface area contributed by atoms with Crippen LogP contribution in [-0.4, -0.2) is 27.9 Å². The molecule has 1 aromatic carbocycles. The van der Waals surface area contributed by atoms with Crippen molar-refractivity contribution in [2.24, 2.45) is 17.9 Å². The van der Waals surface area contributed by atoms with Gasteiger partial charge in [-0.15, -0.1) is 0 Å². The van der Waals surface area contributed by atoms with E-state index in [1.165, 1.54) is 0 Å². The lowest BCUT2D eigenvalue weighted by atomic mass is 10.1. The predicted molar refractivity (Wildman–Crippen MR) is 79.3 cm³/mol. The van der Waals surface area contributed by atoms with E-state index >= 15 is 0 Å². The summed E-state index contributed by atoms with van der Waals surface area (Å²) in [7, 11) is 3.44. The van der Waals surface area contributed by atoms with Crippen molar-refractivity contribution >= 4 is 5.84 Å². The summed E-state index contributed by atoms with van der Waals surface area (Å²) in [4.78, 5) is 0. The van der Waals surface area contributed by atoms with Crippen molar-refractivity contribution in [1.82, 2.24) is 15.1 Å². The monoisotopic (exact) mass is 289 g/mol. The zero-order valence-electron chi connectivity index (χ0n) is 12.1. The smallest absolute Gasteiger partial charge is 0.173 e. The number of amidine groups is 1. The van der Waals surface area contributed by atoms with E-state index in [-0.39, 0.29) is 5.84 Å². The number of nitrogens with zero attached hydrogens (tertiary/aromatic N) is 3. The minimum absolute atomic E-state index is 0.0294. The summed E-state index contributed by atoms with van der Waals surface area (Å²) >= 11 is 0. The van der Waals surface area contributed by atoms with Gasteiger partial charge in [-0.1, -0.05) is 11.2 Å². The molecule has 0 saturated carbocycles. The number of oxime groups is 1. The van der Waals surface area contributed by atoms with E-state index in [2.05, 4.69) is 15.6 Å². The SMILES string of the molecule is COc1cc(CNCc2cnn(C)c2)ccc1/C(N)=N/O. The number of nitrogens with two attached hydrogens (primary N) is 1. The predicted octanol–water partition coefficient (Wildman–Crippen LogP) is 0.813. The molecule has 0 radical (unpaired) electrons. The Hall–Kier alpha value is -2.54. The molecule has 21 heavy (non-hydrogen) atoms. The first-order valence-corrected chi connectivity index (χ1v) is 6.47. The Kier molecular flexibility index (Phi) is 4.78. The molecule has 0 atom stereocenters. The fourth-order valence-electron chi connectivity index (χ4n) is 2.03. The van der Waals surface area contributed by atoms with Crippen molar-refractivity contribution < 1.29 is 9.94 Å². The van der Waals surface area contributed by atoms with Crippen molar-refractivity contribution in [2.45, 2.75) is 13.1 Å². The van der Waals surface area contributed by atoms with E-state index in [1.54, 1.807) is 17.9 Å². The van der Waals surface area contributed by atoms with Crippen LogP contribution < -0.4 is 15.8 Å². The van der Waals surface area contributed by atoms with E-state index in [1.807, 2.05) is 31.6 Å². The Balaban J connectivity index is 2.00. The van der Waals surface area contributed by atoms with Gasteiger partial charge in [0.25, 0.3) is 0 Å². The lowest BCUT2D eigenvalue weighted by molar-refractivity contribution is 0.318. The number of hydrogen-bond acceptors (Lipinski definition) is 5. The first-order chi connectivity index (χ1) is 10.1. The summed E-state index contributed by atoms with van der Waals surface area (Å²) in [5, 5.41) is 19.2. The van der Waals surface area contributed by atoms with Crippen LogP contribution in [0.1, 0.15) is 16.7 Å². The molecule has 0 amide bonds. The third kappa shape index (κ3) is 3.73. The number of methoxy groups -OCH3 is 1. The van der Waals surface area contributed by atoms with Gasteiger partial charge in [-0.3, -0.25) is 4.68 Å². The fourth-order valence-corrected chi connectivity index (χ4v) is 2.03. The first-order valence-electron chi connectivity index (χ1n) is 6.47. The van der Waals surface area contributed by atoms with Crippen LogP contribution in [0.5, 0.6) is 5.75 Å². The Bertz CT molecular complexity index is 636. The topological polar surface area (TPSA) is 97.7 Å². The van der Waals surface area contributed by atoms with Crippen LogP contribution >= 0.6 is 0 Å². The molecule has 2 rings (SSSR count). The summed E-state index contributed by atoms with van der Waals surface area (Å²) in [6.45, 7) is 1.42. The molecule has 2 aromatic rings. The van der Waals surface area contributed by atoms with Crippen molar-refractivity contribution in [3.63, 3.8) is 0 Å². The molecule has 0 fully saturated rings. The highest BCUT2D eigenvalue weighted by molar-refractivity contribution is 5.99. The summed E-state index contributed by atoms with van der Waals surface area (Å²) in [5.41, 5.74) is 8.33. The number of hydrogen-bond donors (Lipinski definition) is 3. The summed E-state index contributed by atoms with van der Waals surface area (Å²) in [6.07, 6.45) is 3.80. The first kappa shape index (κ1) is 14.9. The van der Waals surface area contributed by atoms with Gasteiger partial charge in [-0.05, 0) is 17.7 Å². The number of benzene rings is 1. The van der Waals surface area contributed by atoms with Gasteiger partial charge >= 0.3 is 0 Å². The number of aryl methyl sites for hydroxylation is 1. The third-order valence-corrected chi connectivity index (χ3v) is 3.07. The molecule has 7 heteroatoms.